The number of aromatic nitrogens is 4. The third kappa shape index (κ3) is 3.48. The normalized spacial score (nSPS) is 10.7. The van der Waals surface area contributed by atoms with Crippen molar-refractivity contribution in [3.63, 3.8) is 0 Å². The van der Waals surface area contributed by atoms with Gasteiger partial charge in [0.05, 0.1) is 11.2 Å². The molecule has 0 radical (unpaired) electrons. The lowest BCUT2D eigenvalue weighted by molar-refractivity contribution is 1.15. The Morgan fingerprint density at radius 3 is 2.33 bits per heavy atom. The minimum absolute atomic E-state index is 0.408. The lowest BCUT2D eigenvalue weighted by atomic mass is 10.1. The van der Waals surface area contributed by atoms with Gasteiger partial charge in [0, 0.05) is 16.8 Å². The fourth-order valence-corrected chi connectivity index (χ4v) is 2.80. The first-order valence-corrected chi connectivity index (χ1v) is 8.55. The number of nitrogens with zero attached hydrogens (tertiary/aromatic N) is 4. The van der Waals surface area contributed by atoms with E-state index in [1.165, 1.54) is 6.33 Å². The zero-order valence-electron chi connectivity index (χ0n) is 15.1. The Morgan fingerprint density at radius 2 is 1.52 bits per heavy atom. The van der Waals surface area contributed by atoms with Crippen LogP contribution in [0.15, 0.2) is 54.9 Å². The molecule has 0 aliphatic rings. The summed E-state index contributed by atoms with van der Waals surface area (Å²) in [6.07, 6.45) is 1.46. The van der Waals surface area contributed by atoms with Gasteiger partial charge in [-0.2, -0.15) is 0 Å². The molecule has 7 nitrogen and oxygen atoms in total. The predicted octanol–water partition coefficient (Wildman–Crippen LogP) is 4.11. The molecule has 1 aromatic carbocycles. The van der Waals surface area contributed by atoms with Crippen molar-refractivity contribution in [2.24, 2.45) is 0 Å². The van der Waals surface area contributed by atoms with Gasteiger partial charge in [-0.3, -0.25) is 4.98 Å². The fourth-order valence-electron chi connectivity index (χ4n) is 2.80. The van der Waals surface area contributed by atoms with Crippen LogP contribution < -0.4 is 16.4 Å². The second kappa shape index (κ2) is 6.87. The first kappa shape index (κ1) is 16.7. The van der Waals surface area contributed by atoms with Gasteiger partial charge in [-0.25, -0.2) is 15.0 Å². The molecule has 3 heterocycles. The summed E-state index contributed by atoms with van der Waals surface area (Å²) in [7, 11) is 0. The number of pyridine rings is 2. The Labute approximate surface area is 156 Å². The summed E-state index contributed by atoms with van der Waals surface area (Å²) in [5, 5.41) is 7.47. The maximum absolute atomic E-state index is 6.29. The van der Waals surface area contributed by atoms with Gasteiger partial charge < -0.3 is 16.4 Å². The second-order valence-electron chi connectivity index (χ2n) is 6.23. The molecule has 7 heteroatoms. The van der Waals surface area contributed by atoms with Gasteiger partial charge in [0.15, 0.2) is 11.6 Å². The quantitative estimate of drug-likeness (QED) is 0.505. The van der Waals surface area contributed by atoms with Crippen molar-refractivity contribution in [1.82, 2.24) is 19.9 Å². The minimum Gasteiger partial charge on any atom is -0.393 e. The van der Waals surface area contributed by atoms with Crippen molar-refractivity contribution in [2.75, 3.05) is 16.4 Å². The molecule has 0 aliphatic heterocycles. The largest absolute Gasteiger partial charge is 0.393 e. The van der Waals surface area contributed by atoms with Gasteiger partial charge in [0.25, 0.3) is 0 Å². The SMILES string of the molecule is Cc1cccc(Nc2ncnc(Nc3cccc4ccc(C)nc34)c2N)n1. The predicted molar refractivity (Wildman–Crippen MR) is 108 cm³/mol. The highest BCUT2D eigenvalue weighted by Crippen LogP contribution is 2.30. The molecule has 0 atom stereocenters. The smallest absolute Gasteiger partial charge is 0.160 e. The third-order valence-corrected chi connectivity index (χ3v) is 4.13. The number of fused-ring (bicyclic) bond motifs is 1. The second-order valence-corrected chi connectivity index (χ2v) is 6.23. The standard InChI is InChI=1S/C20H19N7/c1-12-5-3-8-16(24-12)27-20-17(21)19(22-11-23-20)26-15-7-4-6-14-10-9-13(2)25-18(14)15/h3-11H,21H2,1-2H3,(H2,22,23,24,26,27). The average molecular weight is 357 g/mol. The van der Waals surface area contributed by atoms with Crippen LogP contribution in [0.25, 0.3) is 10.9 Å². The van der Waals surface area contributed by atoms with Crippen molar-refractivity contribution in [3.05, 3.63) is 66.2 Å². The van der Waals surface area contributed by atoms with Crippen molar-refractivity contribution < 1.29 is 0 Å². The number of para-hydroxylation sites is 1. The molecule has 0 saturated carbocycles. The van der Waals surface area contributed by atoms with Crippen LogP contribution in [0.5, 0.6) is 0 Å². The highest BCUT2D eigenvalue weighted by Gasteiger charge is 2.11. The molecule has 4 aromatic rings. The van der Waals surface area contributed by atoms with Crippen LogP contribution >= 0.6 is 0 Å². The molecular formula is C20H19N7. The van der Waals surface area contributed by atoms with E-state index >= 15 is 0 Å². The number of nitrogens with two attached hydrogens (primary N) is 1. The molecule has 134 valence electrons. The molecule has 0 spiro atoms. The number of benzene rings is 1. The molecular weight excluding hydrogens is 338 g/mol. The van der Waals surface area contributed by atoms with Crippen molar-refractivity contribution in [3.8, 4) is 0 Å². The number of aryl methyl sites for hydroxylation is 2. The zero-order chi connectivity index (χ0) is 18.8. The molecule has 0 bridgehead atoms. The number of hydrogen-bond acceptors (Lipinski definition) is 7. The van der Waals surface area contributed by atoms with E-state index < -0.39 is 0 Å². The number of rotatable bonds is 4. The molecule has 27 heavy (non-hydrogen) atoms. The topological polar surface area (TPSA) is 102 Å². The van der Waals surface area contributed by atoms with Gasteiger partial charge in [-0.05, 0) is 38.1 Å². The Bertz CT molecular complexity index is 1120. The van der Waals surface area contributed by atoms with Gasteiger partial charge >= 0.3 is 0 Å². The Balaban J connectivity index is 1.69. The fraction of sp³-hybridized carbons (Fsp3) is 0.100. The molecule has 0 unspecified atom stereocenters. The van der Waals surface area contributed by atoms with Crippen LogP contribution in [0.2, 0.25) is 0 Å². The lowest BCUT2D eigenvalue weighted by Gasteiger charge is -2.13. The summed E-state index contributed by atoms with van der Waals surface area (Å²) in [5.41, 5.74) is 10.3. The number of anilines is 5. The summed E-state index contributed by atoms with van der Waals surface area (Å²) >= 11 is 0. The van der Waals surface area contributed by atoms with Gasteiger partial charge in [-0.1, -0.05) is 24.3 Å². The van der Waals surface area contributed by atoms with Crippen LogP contribution in [0.1, 0.15) is 11.4 Å². The number of hydrogen-bond donors (Lipinski definition) is 3. The van der Waals surface area contributed by atoms with Gasteiger partial charge in [-0.15, -0.1) is 0 Å². The van der Waals surface area contributed by atoms with E-state index in [9.17, 15) is 0 Å². The molecule has 0 saturated heterocycles. The summed E-state index contributed by atoms with van der Waals surface area (Å²) in [4.78, 5) is 17.6. The van der Waals surface area contributed by atoms with Crippen LogP contribution in [0, 0.1) is 13.8 Å². The summed E-state index contributed by atoms with van der Waals surface area (Å²) < 4.78 is 0. The Hall–Kier alpha value is -3.74. The summed E-state index contributed by atoms with van der Waals surface area (Å²) in [6, 6.07) is 15.7. The van der Waals surface area contributed by atoms with Crippen LogP contribution in [-0.2, 0) is 0 Å². The number of nitrogens with one attached hydrogen (secondary N) is 2. The highest BCUT2D eigenvalue weighted by atomic mass is 15.1. The Kier molecular flexibility index (Phi) is 4.25. The minimum atomic E-state index is 0.408. The molecule has 3 aromatic heterocycles. The van der Waals surface area contributed by atoms with E-state index in [0.29, 0.717) is 23.1 Å². The highest BCUT2D eigenvalue weighted by molar-refractivity contribution is 5.93. The maximum atomic E-state index is 6.29. The monoisotopic (exact) mass is 357 g/mol. The molecule has 0 amide bonds. The molecule has 0 aliphatic carbocycles. The summed E-state index contributed by atoms with van der Waals surface area (Å²) in [6.45, 7) is 3.89. The first-order valence-electron chi connectivity index (χ1n) is 8.55. The van der Waals surface area contributed by atoms with E-state index in [4.69, 9.17) is 5.73 Å². The number of nitrogen functional groups attached to an aromatic ring is 1. The van der Waals surface area contributed by atoms with Crippen LogP contribution in [0.4, 0.5) is 28.8 Å². The van der Waals surface area contributed by atoms with Crippen molar-refractivity contribution in [1.29, 1.82) is 0 Å². The van der Waals surface area contributed by atoms with Gasteiger partial charge in [0.1, 0.15) is 17.8 Å². The summed E-state index contributed by atoms with van der Waals surface area (Å²) in [5.74, 6) is 1.68. The average Bonchev–Trinajstić information content (AvgIpc) is 2.65. The van der Waals surface area contributed by atoms with Crippen LogP contribution in [0.3, 0.4) is 0 Å². The van der Waals surface area contributed by atoms with Crippen molar-refractivity contribution in [2.45, 2.75) is 13.8 Å². The van der Waals surface area contributed by atoms with E-state index in [2.05, 4.69) is 30.6 Å². The molecule has 0 fully saturated rings. The van der Waals surface area contributed by atoms with Gasteiger partial charge in [0.2, 0.25) is 0 Å². The van der Waals surface area contributed by atoms with Crippen molar-refractivity contribution >= 4 is 39.7 Å². The maximum Gasteiger partial charge on any atom is 0.160 e. The van der Waals surface area contributed by atoms with Crippen LogP contribution in [-0.4, -0.2) is 19.9 Å². The van der Waals surface area contributed by atoms with E-state index in [1.54, 1.807) is 0 Å². The zero-order valence-corrected chi connectivity index (χ0v) is 15.1. The molecule has 4 N–H and O–H groups in total. The third-order valence-electron chi connectivity index (χ3n) is 4.13. The Morgan fingerprint density at radius 1 is 0.778 bits per heavy atom. The van der Waals surface area contributed by atoms with E-state index in [-0.39, 0.29) is 0 Å². The van der Waals surface area contributed by atoms with E-state index in [0.717, 1.165) is 28.0 Å². The molecule has 4 rings (SSSR count). The lowest BCUT2D eigenvalue weighted by Crippen LogP contribution is -2.06. The first-order chi connectivity index (χ1) is 13.1. The van der Waals surface area contributed by atoms with E-state index in [1.807, 2.05) is 62.4 Å².